The van der Waals surface area contributed by atoms with E-state index in [4.69, 9.17) is 0 Å². The minimum absolute atomic E-state index is 0. The second-order valence-corrected chi connectivity index (χ2v) is 3.55. The molecule has 0 aliphatic carbocycles. The second kappa shape index (κ2) is 4.07. The van der Waals surface area contributed by atoms with Gasteiger partial charge in [-0.25, -0.2) is 0 Å². The van der Waals surface area contributed by atoms with Gasteiger partial charge in [-0.15, -0.1) is 0 Å². The fourth-order valence-corrected chi connectivity index (χ4v) is 1.88. The fourth-order valence-electron chi connectivity index (χ4n) is 1.88. The van der Waals surface area contributed by atoms with Crippen LogP contribution in [0, 0.1) is 0 Å². The van der Waals surface area contributed by atoms with Crippen LogP contribution >= 0.6 is 0 Å². The van der Waals surface area contributed by atoms with Gasteiger partial charge in [0.1, 0.15) is 0 Å². The van der Waals surface area contributed by atoms with E-state index < -0.39 is 0 Å². The van der Waals surface area contributed by atoms with Crippen LogP contribution in [0.25, 0.3) is 21.5 Å². The standard InChI is InChI=1S/C14H10.Cr/c1-2-6-12-10-14-8-4-3-7-13(14)9-11(12)5-1;/h1-10H;. The summed E-state index contributed by atoms with van der Waals surface area (Å²) in [6.45, 7) is 0. The van der Waals surface area contributed by atoms with Crippen LogP contribution in [-0.2, 0) is 17.4 Å². The zero-order chi connectivity index (χ0) is 9.38. The molecule has 0 aliphatic rings. The Balaban J connectivity index is 0.000000853. The first-order chi connectivity index (χ1) is 6.93. The molecule has 15 heavy (non-hydrogen) atoms. The van der Waals surface area contributed by atoms with Gasteiger partial charge in [-0.3, -0.25) is 0 Å². The van der Waals surface area contributed by atoms with E-state index in [0.717, 1.165) is 0 Å². The molecule has 0 saturated carbocycles. The Morgan fingerprint density at radius 2 is 0.733 bits per heavy atom. The molecule has 72 valence electrons. The molecule has 3 rings (SSSR count). The van der Waals surface area contributed by atoms with Gasteiger partial charge in [0.05, 0.1) is 0 Å². The molecule has 0 N–H and O–H groups in total. The summed E-state index contributed by atoms with van der Waals surface area (Å²) in [7, 11) is 0. The number of hydrogen-bond acceptors (Lipinski definition) is 0. The molecule has 1 heteroatoms. The smallest absolute Gasteiger partial charge is 0 e. The Labute approximate surface area is 99.7 Å². The Kier molecular flexibility index (Phi) is 2.77. The minimum Gasteiger partial charge on any atom is -0.0616 e. The summed E-state index contributed by atoms with van der Waals surface area (Å²) in [5.74, 6) is 0. The van der Waals surface area contributed by atoms with E-state index >= 15 is 0 Å². The first-order valence-electron chi connectivity index (χ1n) is 4.81. The predicted molar refractivity (Wildman–Crippen MR) is 61.5 cm³/mol. The van der Waals surface area contributed by atoms with E-state index in [0.29, 0.717) is 0 Å². The molecule has 0 spiro atoms. The van der Waals surface area contributed by atoms with Crippen LogP contribution in [-0.4, -0.2) is 0 Å². The maximum absolute atomic E-state index is 2.24. The molecule has 0 atom stereocenters. The summed E-state index contributed by atoms with van der Waals surface area (Å²) in [6.07, 6.45) is 0. The maximum Gasteiger partial charge on any atom is 0 e. The zero-order valence-electron chi connectivity index (χ0n) is 8.18. The van der Waals surface area contributed by atoms with Crippen molar-refractivity contribution < 1.29 is 17.4 Å². The first-order valence-corrected chi connectivity index (χ1v) is 4.81. The van der Waals surface area contributed by atoms with Crippen molar-refractivity contribution in [3.05, 3.63) is 60.7 Å². The van der Waals surface area contributed by atoms with Crippen LogP contribution in [0.5, 0.6) is 0 Å². The summed E-state index contributed by atoms with van der Waals surface area (Å²) in [4.78, 5) is 0. The first kappa shape index (κ1) is 10.2. The quantitative estimate of drug-likeness (QED) is 0.512. The molecule has 0 heterocycles. The average Bonchev–Trinajstić information content (AvgIpc) is 2.26. The zero-order valence-corrected chi connectivity index (χ0v) is 9.46. The van der Waals surface area contributed by atoms with Crippen molar-refractivity contribution in [1.82, 2.24) is 0 Å². The van der Waals surface area contributed by atoms with Gasteiger partial charge >= 0.3 is 0 Å². The predicted octanol–water partition coefficient (Wildman–Crippen LogP) is 3.99. The average molecular weight is 230 g/mol. The molecule has 0 amide bonds. The van der Waals surface area contributed by atoms with Crippen molar-refractivity contribution in [1.29, 1.82) is 0 Å². The van der Waals surface area contributed by atoms with Gasteiger partial charge in [-0.2, -0.15) is 0 Å². The van der Waals surface area contributed by atoms with E-state index in [1.165, 1.54) is 21.5 Å². The van der Waals surface area contributed by atoms with Gasteiger partial charge in [0.2, 0.25) is 0 Å². The van der Waals surface area contributed by atoms with Crippen LogP contribution in [0.2, 0.25) is 0 Å². The third-order valence-corrected chi connectivity index (χ3v) is 2.61. The number of fused-ring (bicyclic) bond motifs is 2. The molecule has 0 unspecified atom stereocenters. The van der Waals surface area contributed by atoms with E-state index in [2.05, 4.69) is 60.7 Å². The van der Waals surface area contributed by atoms with Crippen LogP contribution < -0.4 is 0 Å². The van der Waals surface area contributed by atoms with Crippen LogP contribution in [0.1, 0.15) is 0 Å². The molecule has 0 aromatic heterocycles. The number of hydrogen-bond donors (Lipinski definition) is 0. The Morgan fingerprint density at radius 3 is 1.00 bits per heavy atom. The minimum atomic E-state index is 0. The van der Waals surface area contributed by atoms with Gasteiger partial charge in [0, 0.05) is 17.4 Å². The molecular weight excluding hydrogens is 220 g/mol. The summed E-state index contributed by atoms with van der Waals surface area (Å²) < 4.78 is 0. The van der Waals surface area contributed by atoms with Crippen molar-refractivity contribution >= 4 is 21.5 Å². The van der Waals surface area contributed by atoms with Gasteiger partial charge in [-0.05, 0) is 33.7 Å². The summed E-state index contributed by atoms with van der Waals surface area (Å²) >= 11 is 0. The summed E-state index contributed by atoms with van der Waals surface area (Å²) in [5, 5.41) is 5.25. The van der Waals surface area contributed by atoms with Gasteiger partial charge in [0.15, 0.2) is 0 Å². The van der Waals surface area contributed by atoms with E-state index in [1.807, 2.05) is 0 Å². The summed E-state index contributed by atoms with van der Waals surface area (Å²) in [6, 6.07) is 21.4. The molecule has 0 saturated heterocycles. The molecule has 3 aromatic rings. The molecule has 0 aliphatic heterocycles. The maximum atomic E-state index is 2.24. The summed E-state index contributed by atoms with van der Waals surface area (Å²) in [5.41, 5.74) is 0. The molecule has 3 aromatic carbocycles. The fraction of sp³-hybridized carbons (Fsp3) is 0. The number of rotatable bonds is 0. The Bertz CT molecular complexity index is 494. The van der Waals surface area contributed by atoms with Crippen molar-refractivity contribution in [2.45, 2.75) is 0 Å². The molecule has 0 nitrogen and oxygen atoms in total. The van der Waals surface area contributed by atoms with Gasteiger partial charge in [-0.1, -0.05) is 48.5 Å². The monoisotopic (exact) mass is 230 g/mol. The van der Waals surface area contributed by atoms with Crippen LogP contribution in [0.15, 0.2) is 60.7 Å². The normalized spacial score (nSPS) is 10.1. The van der Waals surface area contributed by atoms with Crippen LogP contribution in [0.3, 0.4) is 0 Å². The van der Waals surface area contributed by atoms with E-state index in [-0.39, 0.29) is 17.4 Å². The second-order valence-electron chi connectivity index (χ2n) is 3.55. The van der Waals surface area contributed by atoms with Crippen LogP contribution in [0.4, 0.5) is 0 Å². The number of benzene rings is 3. The Hall–Kier alpha value is -1.29. The molecule has 0 radical (unpaired) electrons. The van der Waals surface area contributed by atoms with Crippen molar-refractivity contribution in [2.75, 3.05) is 0 Å². The molecule has 0 fully saturated rings. The topological polar surface area (TPSA) is 0 Å². The largest absolute Gasteiger partial charge is 0.0616 e. The van der Waals surface area contributed by atoms with Gasteiger partial charge in [0.25, 0.3) is 0 Å². The van der Waals surface area contributed by atoms with Gasteiger partial charge < -0.3 is 0 Å². The third kappa shape index (κ3) is 1.77. The van der Waals surface area contributed by atoms with Crippen molar-refractivity contribution in [3.8, 4) is 0 Å². The van der Waals surface area contributed by atoms with Crippen molar-refractivity contribution in [3.63, 3.8) is 0 Å². The SMILES string of the molecule is [Cr].c1ccc2cc3ccccc3cc2c1. The third-order valence-electron chi connectivity index (χ3n) is 2.61. The Morgan fingerprint density at radius 1 is 0.467 bits per heavy atom. The van der Waals surface area contributed by atoms with E-state index in [9.17, 15) is 0 Å². The molecule has 0 bridgehead atoms. The van der Waals surface area contributed by atoms with E-state index in [1.54, 1.807) is 0 Å². The van der Waals surface area contributed by atoms with Crippen molar-refractivity contribution in [2.24, 2.45) is 0 Å². The molecular formula is C14H10Cr.